The molecule has 80 valence electrons. The first-order valence-electron chi connectivity index (χ1n) is 5.77. The van der Waals surface area contributed by atoms with Crippen molar-refractivity contribution in [3.05, 3.63) is 29.3 Å². The first-order chi connectivity index (χ1) is 7.36. The lowest BCUT2D eigenvalue weighted by Crippen LogP contribution is -2.28. The van der Waals surface area contributed by atoms with Crippen molar-refractivity contribution in [3.8, 4) is 5.75 Å². The SMILES string of the molecule is COc1cccc2c1C1(CC1)NCCC2. The molecule has 0 amide bonds. The van der Waals surface area contributed by atoms with Crippen molar-refractivity contribution < 1.29 is 4.74 Å². The molecule has 1 aliphatic heterocycles. The van der Waals surface area contributed by atoms with Crippen LogP contribution in [-0.2, 0) is 12.0 Å². The fourth-order valence-corrected chi connectivity index (χ4v) is 2.74. The van der Waals surface area contributed by atoms with Gasteiger partial charge in [-0.05, 0) is 43.9 Å². The van der Waals surface area contributed by atoms with Gasteiger partial charge in [0.15, 0.2) is 0 Å². The van der Waals surface area contributed by atoms with Crippen LogP contribution in [0.15, 0.2) is 18.2 Å². The van der Waals surface area contributed by atoms with E-state index in [1.807, 2.05) is 0 Å². The fourth-order valence-electron chi connectivity index (χ4n) is 2.74. The molecular weight excluding hydrogens is 186 g/mol. The highest BCUT2D eigenvalue weighted by molar-refractivity contribution is 5.49. The molecule has 1 spiro atoms. The molecule has 0 bridgehead atoms. The van der Waals surface area contributed by atoms with Crippen LogP contribution in [0.25, 0.3) is 0 Å². The van der Waals surface area contributed by atoms with Crippen LogP contribution in [-0.4, -0.2) is 13.7 Å². The van der Waals surface area contributed by atoms with Gasteiger partial charge < -0.3 is 10.1 Å². The molecule has 0 radical (unpaired) electrons. The maximum absolute atomic E-state index is 5.50. The Labute approximate surface area is 90.6 Å². The Hall–Kier alpha value is -1.02. The summed E-state index contributed by atoms with van der Waals surface area (Å²) in [5.41, 5.74) is 3.18. The van der Waals surface area contributed by atoms with Crippen molar-refractivity contribution in [1.29, 1.82) is 0 Å². The average Bonchev–Trinajstić information content (AvgIpc) is 3.07. The van der Waals surface area contributed by atoms with Crippen LogP contribution in [0.3, 0.4) is 0 Å². The van der Waals surface area contributed by atoms with Crippen LogP contribution in [0, 0.1) is 0 Å². The Morgan fingerprint density at radius 3 is 2.93 bits per heavy atom. The second kappa shape index (κ2) is 3.24. The van der Waals surface area contributed by atoms with Crippen LogP contribution in [0.5, 0.6) is 5.75 Å². The number of fused-ring (bicyclic) bond motifs is 2. The minimum Gasteiger partial charge on any atom is -0.496 e. The molecule has 1 heterocycles. The maximum Gasteiger partial charge on any atom is 0.124 e. The molecule has 2 nitrogen and oxygen atoms in total. The number of rotatable bonds is 1. The molecule has 3 rings (SSSR count). The lowest BCUT2D eigenvalue weighted by molar-refractivity contribution is 0.397. The van der Waals surface area contributed by atoms with Gasteiger partial charge in [-0.3, -0.25) is 0 Å². The van der Waals surface area contributed by atoms with E-state index in [2.05, 4.69) is 23.5 Å². The molecule has 0 saturated heterocycles. The summed E-state index contributed by atoms with van der Waals surface area (Å²) in [6, 6.07) is 6.45. The van der Waals surface area contributed by atoms with Gasteiger partial charge in [0, 0.05) is 11.1 Å². The topological polar surface area (TPSA) is 21.3 Å². The number of nitrogens with one attached hydrogen (secondary N) is 1. The normalized spacial score (nSPS) is 21.9. The van der Waals surface area contributed by atoms with E-state index in [1.165, 1.54) is 36.8 Å². The van der Waals surface area contributed by atoms with E-state index in [4.69, 9.17) is 4.74 Å². The standard InChI is InChI=1S/C13H17NO/c1-15-11-6-2-4-10-5-3-9-14-13(7-8-13)12(10)11/h2,4,6,14H,3,5,7-9H2,1H3. The van der Waals surface area contributed by atoms with Gasteiger partial charge in [-0.25, -0.2) is 0 Å². The Morgan fingerprint density at radius 1 is 1.33 bits per heavy atom. The number of benzene rings is 1. The zero-order valence-electron chi connectivity index (χ0n) is 9.18. The summed E-state index contributed by atoms with van der Waals surface area (Å²) in [7, 11) is 1.77. The Kier molecular flexibility index (Phi) is 1.99. The summed E-state index contributed by atoms with van der Waals surface area (Å²) < 4.78 is 5.50. The number of hydrogen-bond donors (Lipinski definition) is 1. The number of ether oxygens (including phenoxy) is 1. The molecule has 0 aromatic heterocycles. The highest BCUT2D eigenvalue weighted by Crippen LogP contribution is 2.51. The van der Waals surface area contributed by atoms with E-state index < -0.39 is 0 Å². The Bertz CT molecular complexity index is 382. The van der Waals surface area contributed by atoms with Gasteiger partial charge in [0.1, 0.15) is 5.75 Å². The quantitative estimate of drug-likeness (QED) is 0.755. The molecule has 2 heteroatoms. The summed E-state index contributed by atoms with van der Waals surface area (Å²) in [5, 5.41) is 3.68. The molecular formula is C13H17NO. The van der Waals surface area contributed by atoms with Gasteiger partial charge in [-0.1, -0.05) is 12.1 Å². The first-order valence-corrected chi connectivity index (χ1v) is 5.77. The van der Waals surface area contributed by atoms with E-state index >= 15 is 0 Å². The highest BCUT2D eigenvalue weighted by atomic mass is 16.5. The number of hydrogen-bond acceptors (Lipinski definition) is 2. The van der Waals surface area contributed by atoms with Gasteiger partial charge in [-0.2, -0.15) is 0 Å². The molecule has 1 aliphatic carbocycles. The van der Waals surface area contributed by atoms with E-state index in [-0.39, 0.29) is 5.54 Å². The van der Waals surface area contributed by atoms with Crippen LogP contribution >= 0.6 is 0 Å². The lowest BCUT2D eigenvalue weighted by Gasteiger charge is -2.20. The van der Waals surface area contributed by atoms with Crippen molar-refractivity contribution in [2.75, 3.05) is 13.7 Å². The monoisotopic (exact) mass is 203 g/mol. The second-order valence-electron chi connectivity index (χ2n) is 4.61. The highest BCUT2D eigenvalue weighted by Gasteiger charge is 2.47. The van der Waals surface area contributed by atoms with Crippen molar-refractivity contribution >= 4 is 0 Å². The first kappa shape index (κ1) is 9.22. The van der Waals surface area contributed by atoms with Gasteiger partial charge in [-0.15, -0.1) is 0 Å². The number of methoxy groups -OCH3 is 1. The van der Waals surface area contributed by atoms with Crippen LogP contribution < -0.4 is 10.1 Å². The molecule has 1 saturated carbocycles. The summed E-state index contributed by atoms with van der Waals surface area (Å²) in [6.45, 7) is 1.14. The summed E-state index contributed by atoms with van der Waals surface area (Å²) in [4.78, 5) is 0. The summed E-state index contributed by atoms with van der Waals surface area (Å²) in [5.74, 6) is 1.07. The molecule has 1 N–H and O–H groups in total. The van der Waals surface area contributed by atoms with Gasteiger partial charge in [0.25, 0.3) is 0 Å². The third-order valence-electron chi connectivity index (χ3n) is 3.65. The minimum absolute atomic E-state index is 0.262. The van der Waals surface area contributed by atoms with Crippen molar-refractivity contribution in [2.24, 2.45) is 0 Å². The predicted octanol–water partition coefficient (Wildman–Crippen LogP) is 2.22. The smallest absolute Gasteiger partial charge is 0.124 e. The zero-order chi connectivity index (χ0) is 10.3. The fraction of sp³-hybridized carbons (Fsp3) is 0.538. The number of aryl methyl sites for hydroxylation is 1. The average molecular weight is 203 g/mol. The maximum atomic E-state index is 5.50. The molecule has 1 fully saturated rings. The van der Waals surface area contributed by atoms with Gasteiger partial charge >= 0.3 is 0 Å². The molecule has 0 atom stereocenters. The van der Waals surface area contributed by atoms with Crippen molar-refractivity contribution in [1.82, 2.24) is 5.32 Å². The van der Waals surface area contributed by atoms with E-state index in [0.717, 1.165) is 12.3 Å². The zero-order valence-corrected chi connectivity index (χ0v) is 9.18. The third kappa shape index (κ3) is 1.36. The Balaban J connectivity index is 2.15. The summed E-state index contributed by atoms with van der Waals surface area (Å²) in [6.07, 6.45) is 4.95. The van der Waals surface area contributed by atoms with Crippen LogP contribution in [0.2, 0.25) is 0 Å². The van der Waals surface area contributed by atoms with Crippen molar-refractivity contribution in [2.45, 2.75) is 31.2 Å². The second-order valence-corrected chi connectivity index (χ2v) is 4.61. The Morgan fingerprint density at radius 2 is 2.20 bits per heavy atom. The third-order valence-corrected chi connectivity index (χ3v) is 3.65. The van der Waals surface area contributed by atoms with Crippen LogP contribution in [0.1, 0.15) is 30.4 Å². The summed E-state index contributed by atoms with van der Waals surface area (Å²) >= 11 is 0. The van der Waals surface area contributed by atoms with E-state index in [0.29, 0.717) is 0 Å². The molecule has 0 unspecified atom stereocenters. The molecule has 1 aromatic rings. The minimum atomic E-state index is 0.262. The van der Waals surface area contributed by atoms with Gasteiger partial charge in [0.2, 0.25) is 0 Å². The molecule has 15 heavy (non-hydrogen) atoms. The van der Waals surface area contributed by atoms with Crippen LogP contribution in [0.4, 0.5) is 0 Å². The van der Waals surface area contributed by atoms with Crippen molar-refractivity contribution in [3.63, 3.8) is 0 Å². The molecule has 2 aliphatic rings. The largest absolute Gasteiger partial charge is 0.496 e. The van der Waals surface area contributed by atoms with E-state index in [1.54, 1.807) is 7.11 Å². The lowest BCUT2D eigenvalue weighted by atomic mass is 9.96. The predicted molar refractivity (Wildman–Crippen MR) is 60.2 cm³/mol. The molecule has 1 aromatic carbocycles. The van der Waals surface area contributed by atoms with E-state index in [9.17, 15) is 0 Å². The van der Waals surface area contributed by atoms with Gasteiger partial charge in [0.05, 0.1) is 7.11 Å².